The van der Waals surface area contributed by atoms with Crippen LogP contribution in [0.2, 0.25) is 0 Å². The first-order valence-corrected chi connectivity index (χ1v) is 12.1. The molecular formula is C27H27N7O2. The zero-order valence-electron chi connectivity index (χ0n) is 20.0. The summed E-state index contributed by atoms with van der Waals surface area (Å²) >= 11 is 0. The second kappa shape index (κ2) is 9.09. The van der Waals surface area contributed by atoms with E-state index in [0.717, 1.165) is 54.0 Å². The van der Waals surface area contributed by atoms with Gasteiger partial charge in [0, 0.05) is 56.2 Å². The van der Waals surface area contributed by atoms with Gasteiger partial charge in [-0.1, -0.05) is 30.3 Å². The van der Waals surface area contributed by atoms with Crippen molar-refractivity contribution < 1.29 is 9.53 Å². The van der Waals surface area contributed by atoms with Crippen molar-refractivity contribution in [1.82, 2.24) is 24.1 Å². The summed E-state index contributed by atoms with van der Waals surface area (Å²) in [7, 11) is 2.01. The van der Waals surface area contributed by atoms with E-state index in [1.165, 1.54) is 11.8 Å². The molecule has 0 bridgehead atoms. The third-order valence-corrected chi connectivity index (χ3v) is 6.82. The molecule has 1 aromatic carbocycles. The van der Waals surface area contributed by atoms with Gasteiger partial charge in [0.05, 0.1) is 17.6 Å². The Balaban J connectivity index is 1.53. The lowest BCUT2D eigenvalue weighted by molar-refractivity contribution is 0.0706. The van der Waals surface area contributed by atoms with Crippen molar-refractivity contribution in [3.05, 3.63) is 78.4 Å². The van der Waals surface area contributed by atoms with Gasteiger partial charge in [-0.2, -0.15) is 5.10 Å². The van der Waals surface area contributed by atoms with Gasteiger partial charge in [0.1, 0.15) is 11.3 Å². The Morgan fingerprint density at radius 2 is 1.92 bits per heavy atom. The maximum Gasteiger partial charge on any atom is 0.269 e. The Bertz CT molecular complexity index is 1550. The van der Waals surface area contributed by atoms with Crippen LogP contribution < -0.4 is 10.6 Å². The van der Waals surface area contributed by atoms with Crippen LogP contribution in [0, 0.1) is 0 Å². The minimum Gasteiger partial charge on any atom is -0.381 e. The highest BCUT2D eigenvalue weighted by Crippen LogP contribution is 2.35. The molecule has 0 saturated carbocycles. The van der Waals surface area contributed by atoms with E-state index in [0.29, 0.717) is 18.2 Å². The second-order valence-corrected chi connectivity index (χ2v) is 9.17. The molecule has 182 valence electrons. The molecule has 1 aliphatic heterocycles. The van der Waals surface area contributed by atoms with Crippen LogP contribution in [0.3, 0.4) is 0 Å². The Morgan fingerprint density at radius 3 is 2.69 bits per heavy atom. The molecule has 9 nitrogen and oxygen atoms in total. The van der Waals surface area contributed by atoms with Crippen LogP contribution in [0.4, 0.5) is 5.69 Å². The van der Waals surface area contributed by atoms with Gasteiger partial charge in [-0.15, -0.1) is 0 Å². The van der Waals surface area contributed by atoms with Gasteiger partial charge in [0.25, 0.3) is 5.91 Å². The van der Waals surface area contributed by atoms with E-state index in [1.807, 2.05) is 43.6 Å². The number of carbonyl (C=O) groups is 1. The summed E-state index contributed by atoms with van der Waals surface area (Å²) < 4.78 is 9.39. The number of imidazole rings is 1. The van der Waals surface area contributed by atoms with Crippen LogP contribution in [0.25, 0.3) is 27.9 Å². The molecule has 0 radical (unpaired) electrons. The van der Waals surface area contributed by atoms with E-state index in [4.69, 9.17) is 20.6 Å². The average molecular weight is 482 g/mol. The molecular weight excluding hydrogens is 454 g/mol. The van der Waals surface area contributed by atoms with Crippen molar-refractivity contribution in [2.45, 2.75) is 25.4 Å². The fourth-order valence-corrected chi connectivity index (χ4v) is 5.00. The number of hydrogen-bond donors (Lipinski definition) is 1. The molecule has 0 aliphatic carbocycles. The minimum atomic E-state index is -0.574. The van der Waals surface area contributed by atoms with Gasteiger partial charge in [-0.05, 0) is 36.6 Å². The zero-order valence-corrected chi connectivity index (χ0v) is 20.0. The molecule has 2 N–H and O–H groups in total. The van der Waals surface area contributed by atoms with Gasteiger partial charge < -0.3 is 19.9 Å². The number of benzene rings is 1. The average Bonchev–Trinajstić information content (AvgIpc) is 3.51. The number of anilines is 1. The van der Waals surface area contributed by atoms with E-state index in [9.17, 15) is 4.79 Å². The number of nitrogens with two attached hydrogens (primary N) is 1. The number of hydrogen-bond acceptors (Lipinski definition) is 6. The first-order chi connectivity index (χ1) is 17.6. The number of carbonyl (C=O) groups excluding carboxylic acids is 1. The summed E-state index contributed by atoms with van der Waals surface area (Å²) in [6.45, 7) is 2.15. The van der Waals surface area contributed by atoms with Crippen LogP contribution in [-0.4, -0.2) is 50.3 Å². The number of fused-ring (bicyclic) bond motifs is 2. The highest BCUT2D eigenvalue weighted by Gasteiger charge is 2.23. The lowest BCUT2D eigenvalue weighted by Crippen LogP contribution is -2.20. The van der Waals surface area contributed by atoms with E-state index < -0.39 is 5.91 Å². The van der Waals surface area contributed by atoms with Crippen molar-refractivity contribution >= 4 is 28.3 Å². The van der Waals surface area contributed by atoms with Crippen molar-refractivity contribution in [2.75, 3.05) is 25.2 Å². The minimum absolute atomic E-state index is 0.243. The first-order valence-electron chi connectivity index (χ1n) is 12.1. The predicted octanol–water partition coefficient (Wildman–Crippen LogP) is 3.83. The molecule has 0 atom stereocenters. The Morgan fingerprint density at radius 1 is 1.11 bits per heavy atom. The van der Waals surface area contributed by atoms with Gasteiger partial charge >= 0.3 is 0 Å². The standard InChI is InChI=1S/C27H27N7O2/c1-32(16-18-6-3-2-4-7-18)23-14-22(31-34-24(25(28)35)15-30-27(23)34)21-17-33(19-9-12-36-13-10-19)26-20(21)8-5-11-29-26/h2-8,11,14-15,17,19H,9-10,12-13,16H2,1H3,(H2,28,35). The quantitative estimate of drug-likeness (QED) is 0.395. The predicted molar refractivity (Wildman–Crippen MR) is 138 cm³/mol. The topological polar surface area (TPSA) is 104 Å². The van der Waals surface area contributed by atoms with Gasteiger partial charge in [0.15, 0.2) is 5.65 Å². The molecule has 6 rings (SSSR count). The summed E-state index contributed by atoms with van der Waals surface area (Å²) in [6.07, 6.45) is 7.30. The number of rotatable bonds is 6. The van der Waals surface area contributed by atoms with Gasteiger partial charge in [0.2, 0.25) is 0 Å². The molecule has 0 unspecified atom stereocenters. The van der Waals surface area contributed by atoms with E-state index >= 15 is 0 Å². The summed E-state index contributed by atoms with van der Waals surface area (Å²) in [6, 6.07) is 16.6. The summed E-state index contributed by atoms with van der Waals surface area (Å²) in [5.41, 5.74) is 11.1. The molecule has 5 heterocycles. The second-order valence-electron chi connectivity index (χ2n) is 9.17. The smallest absolute Gasteiger partial charge is 0.269 e. The Kier molecular flexibility index (Phi) is 5.61. The summed E-state index contributed by atoms with van der Waals surface area (Å²) in [5, 5.41) is 5.85. The molecule has 9 heteroatoms. The molecule has 36 heavy (non-hydrogen) atoms. The van der Waals surface area contributed by atoms with Crippen LogP contribution in [0.1, 0.15) is 34.9 Å². The highest BCUT2D eigenvalue weighted by atomic mass is 16.5. The van der Waals surface area contributed by atoms with Crippen molar-refractivity contribution in [3.8, 4) is 11.3 Å². The molecule has 4 aromatic heterocycles. The van der Waals surface area contributed by atoms with Crippen LogP contribution in [-0.2, 0) is 11.3 Å². The monoisotopic (exact) mass is 481 g/mol. The number of ether oxygens (including phenoxy) is 1. The molecule has 1 aliphatic rings. The van der Waals surface area contributed by atoms with Crippen LogP contribution >= 0.6 is 0 Å². The summed E-state index contributed by atoms with van der Waals surface area (Å²) in [4.78, 5) is 23.5. The van der Waals surface area contributed by atoms with Crippen molar-refractivity contribution in [2.24, 2.45) is 5.73 Å². The number of primary amides is 1. The van der Waals surface area contributed by atoms with Crippen molar-refractivity contribution in [1.29, 1.82) is 0 Å². The van der Waals surface area contributed by atoms with Crippen LogP contribution in [0.15, 0.2) is 67.1 Å². The normalized spacial score (nSPS) is 14.5. The fraction of sp³-hybridized carbons (Fsp3) is 0.259. The maximum atomic E-state index is 12.2. The lowest BCUT2D eigenvalue weighted by atomic mass is 10.1. The van der Waals surface area contributed by atoms with Gasteiger partial charge in [-0.3, -0.25) is 4.79 Å². The van der Waals surface area contributed by atoms with E-state index in [-0.39, 0.29) is 5.69 Å². The van der Waals surface area contributed by atoms with E-state index in [2.05, 4.69) is 38.8 Å². The third kappa shape index (κ3) is 3.87. The third-order valence-electron chi connectivity index (χ3n) is 6.82. The Hall–Kier alpha value is -4.24. The molecule has 1 fully saturated rings. The van der Waals surface area contributed by atoms with Crippen molar-refractivity contribution in [3.63, 3.8) is 0 Å². The van der Waals surface area contributed by atoms with E-state index in [1.54, 1.807) is 4.52 Å². The number of pyridine rings is 1. The molecule has 0 spiro atoms. The van der Waals surface area contributed by atoms with Gasteiger partial charge in [-0.25, -0.2) is 14.5 Å². The Labute approximate surface area is 208 Å². The molecule has 1 amide bonds. The largest absolute Gasteiger partial charge is 0.381 e. The SMILES string of the molecule is CN(Cc1ccccc1)c1cc(-c2cn(C3CCOCC3)c3ncccc23)nn2c(C(N)=O)cnc12. The number of nitrogens with zero attached hydrogens (tertiary/aromatic N) is 6. The zero-order chi connectivity index (χ0) is 24.6. The number of amides is 1. The molecule has 1 saturated heterocycles. The lowest BCUT2D eigenvalue weighted by Gasteiger charge is -2.24. The summed E-state index contributed by atoms with van der Waals surface area (Å²) in [5.74, 6) is -0.574. The highest BCUT2D eigenvalue weighted by molar-refractivity contribution is 5.95. The number of aromatic nitrogens is 5. The fourth-order valence-electron chi connectivity index (χ4n) is 5.00. The maximum absolute atomic E-state index is 12.2. The molecule has 5 aromatic rings. The first kappa shape index (κ1) is 22.2. The van der Waals surface area contributed by atoms with Crippen LogP contribution in [0.5, 0.6) is 0 Å².